The van der Waals surface area contributed by atoms with Gasteiger partial charge < -0.3 is 0 Å². The molecule has 0 saturated carbocycles. The lowest BCUT2D eigenvalue weighted by Crippen LogP contribution is -2.13. The van der Waals surface area contributed by atoms with Crippen LogP contribution in [-0.2, 0) is 0 Å². The Labute approximate surface area is 89.1 Å². The van der Waals surface area contributed by atoms with E-state index >= 15 is 0 Å². The van der Waals surface area contributed by atoms with Gasteiger partial charge in [-0.3, -0.25) is 0 Å². The van der Waals surface area contributed by atoms with Gasteiger partial charge in [-0.15, -0.1) is 11.6 Å². The summed E-state index contributed by atoms with van der Waals surface area (Å²) in [5.41, 5.74) is 0. The van der Waals surface area contributed by atoms with Crippen LogP contribution >= 0.6 is 11.6 Å². The highest BCUT2D eigenvalue weighted by molar-refractivity contribution is 6.23. The fourth-order valence-corrected chi connectivity index (χ4v) is 1.58. The lowest BCUT2D eigenvalue weighted by atomic mass is 9.99. The van der Waals surface area contributed by atoms with Crippen molar-refractivity contribution in [1.82, 2.24) is 0 Å². The summed E-state index contributed by atoms with van der Waals surface area (Å²) < 4.78 is 0. The van der Waals surface area contributed by atoms with Gasteiger partial charge in [0.1, 0.15) is 0 Å². The zero-order chi connectivity index (χ0) is 10.2. The van der Waals surface area contributed by atoms with Gasteiger partial charge in [0.15, 0.2) is 0 Å². The third kappa shape index (κ3) is 8.62. The molecule has 0 aliphatic rings. The van der Waals surface area contributed by atoms with Crippen LogP contribution in [0.2, 0.25) is 0 Å². The predicted octanol–water partition coefficient (Wildman–Crippen LogP) is 5.14. The second kappa shape index (κ2) is 7.67. The van der Waals surface area contributed by atoms with E-state index in [9.17, 15) is 0 Å². The highest BCUT2D eigenvalue weighted by Gasteiger charge is 2.16. The van der Waals surface area contributed by atoms with Gasteiger partial charge in [0.25, 0.3) is 0 Å². The van der Waals surface area contributed by atoms with Gasteiger partial charge in [-0.05, 0) is 19.8 Å². The van der Waals surface area contributed by atoms with E-state index in [1.807, 2.05) is 0 Å². The van der Waals surface area contributed by atoms with Crippen molar-refractivity contribution >= 4 is 11.6 Å². The first-order valence-electron chi connectivity index (χ1n) is 5.81. The first kappa shape index (κ1) is 13.3. The highest BCUT2D eigenvalue weighted by Crippen LogP contribution is 2.25. The first-order valence-corrected chi connectivity index (χ1v) is 6.19. The number of halogens is 1. The molecule has 1 unspecified atom stereocenters. The molecule has 0 aromatic heterocycles. The Balaban J connectivity index is 3.16. The molecule has 0 aliphatic heterocycles. The van der Waals surface area contributed by atoms with E-state index in [-0.39, 0.29) is 4.87 Å². The van der Waals surface area contributed by atoms with Gasteiger partial charge in [0.05, 0.1) is 0 Å². The van der Waals surface area contributed by atoms with Crippen LogP contribution in [0.1, 0.15) is 72.1 Å². The largest absolute Gasteiger partial charge is 0.120 e. The zero-order valence-corrected chi connectivity index (χ0v) is 10.3. The van der Waals surface area contributed by atoms with Gasteiger partial charge in [-0.25, -0.2) is 0 Å². The monoisotopic (exact) mass is 204 g/mol. The molecule has 0 amide bonds. The second-order valence-corrected chi connectivity index (χ2v) is 5.20. The molecule has 1 atom stereocenters. The Morgan fingerprint density at radius 2 is 1.46 bits per heavy atom. The van der Waals surface area contributed by atoms with Gasteiger partial charge in [-0.2, -0.15) is 0 Å². The average Bonchev–Trinajstić information content (AvgIpc) is 2.11. The van der Waals surface area contributed by atoms with Crippen LogP contribution in [0.3, 0.4) is 0 Å². The molecule has 0 rings (SSSR count). The maximum absolute atomic E-state index is 6.26. The summed E-state index contributed by atoms with van der Waals surface area (Å²) in [4.78, 5) is 0.0603. The maximum Gasteiger partial charge on any atom is 0.0416 e. The molecule has 0 aromatic rings. The van der Waals surface area contributed by atoms with Crippen LogP contribution in [0.4, 0.5) is 0 Å². The molecule has 80 valence electrons. The Kier molecular flexibility index (Phi) is 7.84. The molecule has 0 aliphatic carbocycles. The molecule has 0 fully saturated rings. The van der Waals surface area contributed by atoms with E-state index in [4.69, 9.17) is 11.6 Å². The van der Waals surface area contributed by atoms with Crippen LogP contribution in [0.25, 0.3) is 0 Å². The Morgan fingerprint density at radius 3 is 2.00 bits per heavy atom. The number of hydrogen-bond donors (Lipinski definition) is 0. The summed E-state index contributed by atoms with van der Waals surface area (Å²) in [7, 11) is 0. The summed E-state index contributed by atoms with van der Waals surface area (Å²) in [6, 6.07) is 0. The molecule has 0 bridgehead atoms. The Hall–Kier alpha value is 0.290. The standard InChI is InChI=1S/C12H25Cl/c1-4-6-7-8-9-10-11-12(3,13)5-2/h4-11H2,1-3H3. The molecule has 0 aromatic carbocycles. The predicted molar refractivity (Wildman–Crippen MR) is 62.5 cm³/mol. The summed E-state index contributed by atoms with van der Waals surface area (Å²) in [5.74, 6) is 0. The fraction of sp³-hybridized carbons (Fsp3) is 1.00. The van der Waals surface area contributed by atoms with Crippen molar-refractivity contribution < 1.29 is 0 Å². The molecule has 0 heterocycles. The second-order valence-electron chi connectivity index (χ2n) is 4.28. The van der Waals surface area contributed by atoms with Crippen molar-refractivity contribution in [3.63, 3.8) is 0 Å². The highest BCUT2D eigenvalue weighted by atomic mass is 35.5. The van der Waals surface area contributed by atoms with E-state index in [0.29, 0.717) is 0 Å². The fourth-order valence-electron chi connectivity index (χ4n) is 1.45. The summed E-state index contributed by atoms with van der Waals surface area (Å²) >= 11 is 6.26. The summed E-state index contributed by atoms with van der Waals surface area (Å²) in [5, 5.41) is 0. The molecular weight excluding hydrogens is 180 g/mol. The molecule has 0 spiro atoms. The van der Waals surface area contributed by atoms with Gasteiger partial charge in [0, 0.05) is 4.87 Å². The lowest BCUT2D eigenvalue weighted by molar-refractivity contribution is 0.501. The van der Waals surface area contributed by atoms with Crippen molar-refractivity contribution in [3.8, 4) is 0 Å². The molecule has 13 heavy (non-hydrogen) atoms. The van der Waals surface area contributed by atoms with Crippen molar-refractivity contribution in [2.24, 2.45) is 0 Å². The van der Waals surface area contributed by atoms with Gasteiger partial charge in [0.2, 0.25) is 0 Å². The molecular formula is C12H25Cl. The van der Waals surface area contributed by atoms with Crippen LogP contribution in [0.15, 0.2) is 0 Å². The van der Waals surface area contributed by atoms with E-state index in [2.05, 4.69) is 20.8 Å². The first-order chi connectivity index (χ1) is 6.12. The molecule has 1 heteroatoms. The van der Waals surface area contributed by atoms with Crippen LogP contribution < -0.4 is 0 Å². The smallest absolute Gasteiger partial charge is 0.0416 e. The molecule has 0 radical (unpaired) electrons. The van der Waals surface area contributed by atoms with Crippen LogP contribution in [-0.4, -0.2) is 4.87 Å². The quantitative estimate of drug-likeness (QED) is 0.379. The van der Waals surface area contributed by atoms with Crippen LogP contribution in [0.5, 0.6) is 0 Å². The summed E-state index contributed by atoms with van der Waals surface area (Å²) in [6.45, 7) is 6.58. The number of rotatable bonds is 8. The normalized spacial score (nSPS) is 15.7. The van der Waals surface area contributed by atoms with E-state index in [0.717, 1.165) is 6.42 Å². The van der Waals surface area contributed by atoms with Crippen molar-refractivity contribution in [2.75, 3.05) is 0 Å². The van der Waals surface area contributed by atoms with Crippen molar-refractivity contribution in [2.45, 2.75) is 77.0 Å². The van der Waals surface area contributed by atoms with E-state index < -0.39 is 0 Å². The van der Waals surface area contributed by atoms with Gasteiger partial charge in [-0.1, -0.05) is 52.4 Å². The van der Waals surface area contributed by atoms with Gasteiger partial charge >= 0.3 is 0 Å². The number of alkyl halides is 1. The third-order valence-electron chi connectivity index (χ3n) is 2.79. The average molecular weight is 205 g/mol. The molecule has 0 nitrogen and oxygen atoms in total. The SMILES string of the molecule is CCCCCCCCC(C)(Cl)CC. The molecule has 0 saturated heterocycles. The number of hydrogen-bond acceptors (Lipinski definition) is 0. The Morgan fingerprint density at radius 1 is 0.923 bits per heavy atom. The minimum Gasteiger partial charge on any atom is -0.120 e. The van der Waals surface area contributed by atoms with Crippen LogP contribution in [0, 0.1) is 0 Å². The third-order valence-corrected chi connectivity index (χ3v) is 3.25. The Bertz CT molecular complexity index is 108. The number of unbranched alkanes of at least 4 members (excludes halogenated alkanes) is 5. The lowest BCUT2D eigenvalue weighted by Gasteiger charge is -2.19. The topological polar surface area (TPSA) is 0 Å². The minimum atomic E-state index is 0.0603. The van der Waals surface area contributed by atoms with Crippen molar-refractivity contribution in [3.05, 3.63) is 0 Å². The maximum atomic E-state index is 6.26. The zero-order valence-electron chi connectivity index (χ0n) is 9.53. The van der Waals surface area contributed by atoms with E-state index in [1.54, 1.807) is 0 Å². The van der Waals surface area contributed by atoms with E-state index in [1.165, 1.54) is 44.9 Å². The van der Waals surface area contributed by atoms with Crippen molar-refractivity contribution in [1.29, 1.82) is 0 Å². The summed E-state index contributed by atoms with van der Waals surface area (Å²) in [6.07, 6.45) is 10.5. The minimum absolute atomic E-state index is 0.0603. The molecule has 0 N–H and O–H groups in total.